The van der Waals surface area contributed by atoms with Gasteiger partial charge in [0.1, 0.15) is 24.4 Å². The normalized spacial score (nSPS) is 31.7. The fraction of sp³-hybridized carbons (Fsp3) is 0.600. The number of hydrogen-bond donors (Lipinski definition) is 7. The van der Waals surface area contributed by atoms with Crippen LogP contribution in [0.4, 0.5) is 0 Å². The fourth-order valence-electron chi connectivity index (χ4n) is 2.43. The average molecular weight is 345 g/mol. The first-order valence-electron chi connectivity index (χ1n) is 7.51. The van der Waals surface area contributed by atoms with Crippen LogP contribution in [-0.2, 0) is 4.74 Å². The summed E-state index contributed by atoms with van der Waals surface area (Å²) in [7, 11) is 1.68. The molecule has 24 heavy (non-hydrogen) atoms. The van der Waals surface area contributed by atoms with E-state index in [0.717, 1.165) is 0 Å². The topological polar surface area (TPSA) is 152 Å². The first kappa shape index (κ1) is 18.9. The lowest BCUT2D eigenvalue weighted by Gasteiger charge is -2.39. The third-order valence-corrected chi connectivity index (χ3v) is 3.86. The van der Waals surface area contributed by atoms with Gasteiger partial charge in [0, 0.05) is 6.54 Å². The summed E-state index contributed by atoms with van der Waals surface area (Å²) in [5, 5.41) is 61.2. The molecule has 1 aromatic carbocycles. The number of phenolic OH excluding ortho intramolecular Hbond substituents is 1. The largest absolute Gasteiger partial charge is 0.504 e. The standard InChI is InChI=1S/C15H23NO8/c1-16-5-9(19)7-2-3-8(18)10(4-7)23-15-14(22)13(21)12(20)11(6-17)24-15/h2-4,9,11-22H,5-6H2,1H3/t9?,11-,12-,13+,14-,15+/m1/s1. The van der Waals surface area contributed by atoms with Crippen LogP contribution >= 0.6 is 0 Å². The van der Waals surface area contributed by atoms with Gasteiger partial charge in [0.2, 0.25) is 6.29 Å². The minimum Gasteiger partial charge on any atom is -0.504 e. The van der Waals surface area contributed by atoms with E-state index in [-0.39, 0.29) is 18.0 Å². The number of likely N-dealkylation sites (N-methyl/N-ethyl adjacent to an activating group) is 1. The number of hydrogen-bond acceptors (Lipinski definition) is 9. The molecule has 1 aromatic rings. The molecule has 1 aliphatic heterocycles. The van der Waals surface area contributed by atoms with E-state index in [1.54, 1.807) is 7.05 Å². The first-order chi connectivity index (χ1) is 11.4. The van der Waals surface area contributed by atoms with Crippen LogP contribution in [0.2, 0.25) is 0 Å². The molecular weight excluding hydrogens is 322 g/mol. The summed E-state index contributed by atoms with van der Waals surface area (Å²) >= 11 is 0. The van der Waals surface area contributed by atoms with Crippen LogP contribution < -0.4 is 10.1 Å². The van der Waals surface area contributed by atoms with E-state index < -0.39 is 43.4 Å². The zero-order valence-electron chi connectivity index (χ0n) is 13.1. The summed E-state index contributed by atoms with van der Waals surface area (Å²) in [6.45, 7) is -0.304. The molecule has 0 radical (unpaired) electrons. The number of ether oxygens (including phenoxy) is 2. The summed E-state index contributed by atoms with van der Waals surface area (Å²) in [5.74, 6) is -0.334. The van der Waals surface area contributed by atoms with Gasteiger partial charge in [-0.3, -0.25) is 0 Å². The molecule has 0 aliphatic carbocycles. The van der Waals surface area contributed by atoms with Gasteiger partial charge in [-0.05, 0) is 24.7 Å². The Labute approximate surface area is 138 Å². The molecular formula is C15H23NO8. The van der Waals surface area contributed by atoms with Crippen molar-refractivity contribution in [3.05, 3.63) is 23.8 Å². The lowest BCUT2D eigenvalue weighted by Crippen LogP contribution is -2.60. The lowest BCUT2D eigenvalue weighted by molar-refractivity contribution is -0.277. The third-order valence-electron chi connectivity index (χ3n) is 3.86. The smallest absolute Gasteiger partial charge is 0.229 e. The van der Waals surface area contributed by atoms with Crippen molar-refractivity contribution in [3.63, 3.8) is 0 Å². The number of rotatable bonds is 6. The van der Waals surface area contributed by atoms with E-state index >= 15 is 0 Å². The second-order valence-electron chi connectivity index (χ2n) is 5.62. The second kappa shape index (κ2) is 8.08. The Morgan fingerprint density at radius 3 is 2.54 bits per heavy atom. The molecule has 2 rings (SSSR count). The van der Waals surface area contributed by atoms with Crippen molar-refractivity contribution >= 4 is 0 Å². The second-order valence-corrected chi connectivity index (χ2v) is 5.62. The van der Waals surface area contributed by atoms with Gasteiger partial charge in [-0.1, -0.05) is 6.07 Å². The molecule has 136 valence electrons. The van der Waals surface area contributed by atoms with Crippen LogP contribution in [0.1, 0.15) is 11.7 Å². The van der Waals surface area contributed by atoms with E-state index in [0.29, 0.717) is 5.56 Å². The van der Waals surface area contributed by atoms with Crippen molar-refractivity contribution in [1.29, 1.82) is 0 Å². The van der Waals surface area contributed by atoms with Crippen molar-refractivity contribution in [2.45, 2.75) is 36.8 Å². The van der Waals surface area contributed by atoms with Gasteiger partial charge in [-0.2, -0.15) is 0 Å². The van der Waals surface area contributed by atoms with Crippen molar-refractivity contribution in [3.8, 4) is 11.5 Å². The fourth-order valence-corrected chi connectivity index (χ4v) is 2.43. The maximum absolute atomic E-state index is 9.96. The molecule has 6 atom stereocenters. The molecule has 0 bridgehead atoms. The van der Waals surface area contributed by atoms with Gasteiger partial charge >= 0.3 is 0 Å². The van der Waals surface area contributed by atoms with E-state index in [4.69, 9.17) is 14.6 Å². The molecule has 1 heterocycles. The van der Waals surface area contributed by atoms with Gasteiger partial charge in [0.15, 0.2) is 11.5 Å². The van der Waals surface area contributed by atoms with Gasteiger partial charge < -0.3 is 45.4 Å². The minimum absolute atomic E-state index is 0.0769. The monoisotopic (exact) mass is 345 g/mol. The van der Waals surface area contributed by atoms with E-state index in [2.05, 4.69) is 5.32 Å². The van der Waals surface area contributed by atoms with Crippen LogP contribution in [0.15, 0.2) is 18.2 Å². The predicted molar refractivity (Wildman–Crippen MR) is 81.4 cm³/mol. The van der Waals surface area contributed by atoms with Crippen molar-refractivity contribution in [2.24, 2.45) is 0 Å². The van der Waals surface area contributed by atoms with E-state index in [1.807, 2.05) is 0 Å². The number of phenols is 1. The highest BCUT2D eigenvalue weighted by Crippen LogP contribution is 2.32. The van der Waals surface area contributed by atoms with Crippen molar-refractivity contribution < 1.29 is 40.1 Å². The molecule has 1 fully saturated rings. The number of aliphatic hydroxyl groups excluding tert-OH is 5. The predicted octanol–water partition coefficient (Wildman–Crippen LogP) is -2.18. The highest BCUT2D eigenvalue weighted by molar-refractivity contribution is 5.42. The van der Waals surface area contributed by atoms with Crippen molar-refractivity contribution in [2.75, 3.05) is 20.2 Å². The first-order valence-corrected chi connectivity index (χ1v) is 7.51. The molecule has 1 unspecified atom stereocenters. The van der Waals surface area contributed by atoms with Gasteiger partial charge in [-0.15, -0.1) is 0 Å². The summed E-state index contributed by atoms with van der Waals surface area (Å²) in [5.41, 5.74) is 0.460. The van der Waals surface area contributed by atoms with Gasteiger partial charge in [-0.25, -0.2) is 0 Å². The van der Waals surface area contributed by atoms with E-state index in [1.165, 1.54) is 18.2 Å². The summed E-state index contributed by atoms with van der Waals surface area (Å²) in [4.78, 5) is 0. The summed E-state index contributed by atoms with van der Waals surface area (Å²) < 4.78 is 10.6. The Bertz CT molecular complexity index is 540. The van der Waals surface area contributed by atoms with Crippen LogP contribution in [0.25, 0.3) is 0 Å². The number of benzene rings is 1. The molecule has 1 aliphatic rings. The lowest BCUT2D eigenvalue weighted by atomic mass is 9.99. The molecule has 0 spiro atoms. The third kappa shape index (κ3) is 3.95. The van der Waals surface area contributed by atoms with Crippen LogP contribution in [0.3, 0.4) is 0 Å². The Balaban J connectivity index is 2.18. The van der Waals surface area contributed by atoms with Crippen LogP contribution in [0.5, 0.6) is 11.5 Å². The molecule has 9 heteroatoms. The number of aliphatic hydroxyl groups is 5. The molecule has 0 amide bonds. The van der Waals surface area contributed by atoms with Crippen molar-refractivity contribution in [1.82, 2.24) is 5.32 Å². The van der Waals surface area contributed by atoms with Gasteiger partial charge in [0.05, 0.1) is 12.7 Å². The maximum atomic E-state index is 9.96. The van der Waals surface area contributed by atoms with Crippen LogP contribution in [-0.4, -0.2) is 81.5 Å². The summed E-state index contributed by atoms with van der Waals surface area (Å²) in [6.07, 6.45) is -8.04. The number of aromatic hydroxyl groups is 1. The average Bonchev–Trinajstić information content (AvgIpc) is 2.57. The molecule has 1 saturated heterocycles. The molecule has 7 N–H and O–H groups in total. The Morgan fingerprint density at radius 1 is 1.21 bits per heavy atom. The molecule has 9 nitrogen and oxygen atoms in total. The molecule has 0 saturated carbocycles. The zero-order chi connectivity index (χ0) is 17.9. The highest BCUT2D eigenvalue weighted by atomic mass is 16.7. The Hall–Kier alpha value is -1.46. The molecule has 0 aromatic heterocycles. The summed E-state index contributed by atoms with van der Waals surface area (Å²) in [6, 6.07) is 4.20. The number of nitrogens with one attached hydrogen (secondary N) is 1. The highest BCUT2D eigenvalue weighted by Gasteiger charge is 2.44. The maximum Gasteiger partial charge on any atom is 0.229 e. The van der Waals surface area contributed by atoms with Crippen LogP contribution in [0, 0.1) is 0 Å². The van der Waals surface area contributed by atoms with E-state index in [9.17, 15) is 25.5 Å². The quantitative estimate of drug-likeness (QED) is 0.305. The SMILES string of the molecule is CNCC(O)c1ccc(O)c(O[C@H]2O[C@H](CO)[C@@H](O)[C@H](O)[C@H]2O)c1. The van der Waals surface area contributed by atoms with Gasteiger partial charge in [0.25, 0.3) is 0 Å². The Morgan fingerprint density at radius 2 is 1.92 bits per heavy atom. The minimum atomic E-state index is -1.59. The Kier molecular flexibility index (Phi) is 6.35. The zero-order valence-corrected chi connectivity index (χ0v) is 13.1.